The number of nitrogens with zero attached hydrogens (tertiary/aromatic N) is 2. The third-order valence-corrected chi connectivity index (χ3v) is 4.84. The molecule has 25 heavy (non-hydrogen) atoms. The minimum absolute atomic E-state index is 0.225. The van der Waals surface area contributed by atoms with Crippen molar-refractivity contribution in [2.45, 2.75) is 6.92 Å². The average Bonchev–Trinajstić information content (AvgIpc) is 2.60. The van der Waals surface area contributed by atoms with Crippen molar-refractivity contribution >= 4 is 34.1 Å². The minimum Gasteiger partial charge on any atom is -0.495 e. The predicted molar refractivity (Wildman–Crippen MR) is 100 cm³/mol. The zero-order valence-electron chi connectivity index (χ0n) is 14.2. The van der Waals surface area contributed by atoms with Gasteiger partial charge in [-0.3, -0.25) is 9.78 Å². The van der Waals surface area contributed by atoms with Crippen molar-refractivity contribution in [2.24, 2.45) is 7.05 Å². The number of rotatable bonds is 3. The van der Waals surface area contributed by atoms with E-state index < -0.39 is 0 Å². The molecule has 0 bridgehead atoms. The molecule has 3 aromatic rings. The van der Waals surface area contributed by atoms with Crippen molar-refractivity contribution in [1.82, 2.24) is 9.55 Å². The fraction of sp³-hybridized carbons (Fsp3) is 0.222. The highest BCUT2D eigenvalue weighted by atomic mass is 35.5. The summed E-state index contributed by atoms with van der Waals surface area (Å²) in [4.78, 5) is 17.2. The lowest BCUT2D eigenvalue weighted by Crippen LogP contribution is -2.19. The van der Waals surface area contributed by atoms with Gasteiger partial charge in [0.05, 0.1) is 35.3 Å². The molecule has 0 fully saturated rings. The van der Waals surface area contributed by atoms with Crippen LogP contribution in [-0.4, -0.2) is 23.8 Å². The summed E-state index contributed by atoms with van der Waals surface area (Å²) in [6.45, 7) is 1.87. The molecule has 0 atom stereocenters. The molecule has 2 heterocycles. The fourth-order valence-corrected chi connectivity index (χ4v) is 3.47. The van der Waals surface area contributed by atoms with Crippen LogP contribution in [0, 0.1) is 6.92 Å². The molecule has 0 saturated heterocycles. The largest absolute Gasteiger partial charge is 0.495 e. The van der Waals surface area contributed by atoms with E-state index in [-0.39, 0.29) is 15.6 Å². The summed E-state index contributed by atoms with van der Waals surface area (Å²) in [5.41, 5.74) is 2.12. The highest BCUT2D eigenvalue weighted by Crippen LogP contribution is 2.45. The SMILES string of the molecule is COc1cc(OC)c(Cl)c(-c2cc3cnc(C)cc3n(C)c2=O)c1Cl. The third kappa shape index (κ3) is 2.83. The van der Waals surface area contributed by atoms with Crippen molar-refractivity contribution in [1.29, 1.82) is 0 Å². The van der Waals surface area contributed by atoms with Crippen LogP contribution in [0.1, 0.15) is 5.69 Å². The summed E-state index contributed by atoms with van der Waals surface area (Å²) in [6.07, 6.45) is 1.72. The third-order valence-electron chi connectivity index (χ3n) is 4.09. The summed E-state index contributed by atoms with van der Waals surface area (Å²) in [5.74, 6) is 0.754. The van der Waals surface area contributed by atoms with E-state index in [9.17, 15) is 4.79 Å². The fourth-order valence-electron chi connectivity index (χ4n) is 2.77. The maximum Gasteiger partial charge on any atom is 0.258 e. The lowest BCUT2D eigenvalue weighted by atomic mass is 10.0. The number of hydrogen-bond donors (Lipinski definition) is 0. The van der Waals surface area contributed by atoms with Gasteiger partial charge >= 0.3 is 0 Å². The van der Waals surface area contributed by atoms with E-state index in [1.54, 1.807) is 29.9 Å². The standard InChI is InChI=1S/C18H16Cl2N2O3/c1-9-5-12-10(8-21-9)6-11(18(23)22(12)2)15-16(19)13(24-3)7-14(25-4)17(15)20/h5-8H,1-4H3. The lowest BCUT2D eigenvalue weighted by molar-refractivity contribution is 0.395. The van der Waals surface area contributed by atoms with Crippen molar-refractivity contribution in [3.63, 3.8) is 0 Å². The van der Waals surface area contributed by atoms with Gasteiger partial charge in [-0.2, -0.15) is 0 Å². The molecule has 0 N–H and O–H groups in total. The first-order valence-electron chi connectivity index (χ1n) is 7.45. The highest BCUT2D eigenvalue weighted by molar-refractivity contribution is 6.41. The Hall–Kier alpha value is -2.24. The number of hydrogen-bond acceptors (Lipinski definition) is 4. The maximum absolute atomic E-state index is 12.9. The van der Waals surface area contributed by atoms with E-state index in [0.29, 0.717) is 22.6 Å². The Labute approximate surface area is 154 Å². The molecule has 0 aliphatic rings. The number of ether oxygens (including phenoxy) is 2. The second kappa shape index (κ2) is 6.58. The van der Waals surface area contributed by atoms with Crippen LogP contribution in [0.5, 0.6) is 11.5 Å². The Morgan fingerprint density at radius 1 is 1.04 bits per heavy atom. The molecule has 0 unspecified atom stereocenters. The van der Waals surface area contributed by atoms with Crippen LogP contribution in [0.15, 0.2) is 29.2 Å². The van der Waals surface area contributed by atoms with E-state index in [2.05, 4.69) is 4.98 Å². The zero-order valence-corrected chi connectivity index (χ0v) is 15.7. The van der Waals surface area contributed by atoms with Crippen LogP contribution in [-0.2, 0) is 7.05 Å². The number of halogens is 2. The smallest absolute Gasteiger partial charge is 0.258 e. The summed E-state index contributed by atoms with van der Waals surface area (Å²) in [5, 5.41) is 1.31. The quantitative estimate of drug-likeness (QED) is 0.683. The number of benzene rings is 1. The van der Waals surface area contributed by atoms with Crippen LogP contribution in [0.25, 0.3) is 22.0 Å². The Bertz CT molecular complexity index is 1020. The zero-order chi connectivity index (χ0) is 18.3. The van der Waals surface area contributed by atoms with Crippen LogP contribution in [0.3, 0.4) is 0 Å². The van der Waals surface area contributed by atoms with Crippen LogP contribution >= 0.6 is 23.2 Å². The van der Waals surface area contributed by atoms with Crippen molar-refractivity contribution in [2.75, 3.05) is 14.2 Å². The monoisotopic (exact) mass is 378 g/mol. The molecule has 1 aromatic carbocycles. The van der Waals surface area contributed by atoms with Gasteiger partial charge in [0.2, 0.25) is 0 Å². The Balaban J connectivity index is 2.43. The Kier molecular flexibility index (Phi) is 4.62. The van der Waals surface area contributed by atoms with Crippen molar-refractivity contribution < 1.29 is 9.47 Å². The lowest BCUT2D eigenvalue weighted by Gasteiger charge is -2.16. The molecule has 3 rings (SSSR count). The maximum atomic E-state index is 12.9. The molecular formula is C18H16Cl2N2O3. The highest BCUT2D eigenvalue weighted by Gasteiger charge is 2.22. The van der Waals surface area contributed by atoms with Gasteiger partial charge in [-0.25, -0.2) is 0 Å². The van der Waals surface area contributed by atoms with Gasteiger partial charge in [0.1, 0.15) is 11.5 Å². The van der Waals surface area contributed by atoms with Gasteiger partial charge in [-0.15, -0.1) is 0 Å². The summed E-state index contributed by atoms with van der Waals surface area (Å²) >= 11 is 12.9. The first-order valence-corrected chi connectivity index (χ1v) is 8.21. The van der Waals surface area contributed by atoms with E-state index in [0.717, 1.165) is 16.6 Å². The summed E-state index contributed by atoms with van der Waals surface area (Å²) in [6, 6.07) is 5.18. The van der Waals surface area contributed by atoms with Crippen LogP contribution in [0.2, 0.25) is 10.0 Å². The van der Waals surface area contributed by atoms with E-state index in [4.69, 9.17) is 32.7 Å². The van der Waals surface area contributed by atoms with Crippen molar-refractivity contribution in [3.8, 4) is 22.6 Å². The van der Waals surface area contributed by atoms with Crippen LogP contribution in [0.4, 0.5) is 0 Å². The molecule has 0 amide bonds. The number of methoxy groups -OCH3 is 2. The Morgan fingerprint density at radius 2 is 1.64 bits per heavy atom. The molecule has 5 nitrogen and oxygen atoms in total. The van der Waals surface area contributed by atoms with Gasteiger partial charge in [0.15, 0.2) is 0 Å². The molecule has 130 valence electrons. The molecule has 0 aliphatic carbocycles. The molecule has 2 aromatic heterocycles. The minimum atomic E-state index is -0.225. The second-order valence-electron chi connectivity index (χ2n) is 5.59. The topological polar surface area (TPSA) is 53.4 Å². The second-order valence-corrected chi connectivity index (χ2v) is 6.35. The molecule has 7 heteroatoms. The molecule has 0 radical (unpaired) electrons. The summed E-state index contributed by atoms with van der Waals surface area (Å²) < 4.78 is 12.1. The first-order chi connectivity index (χ1) is 11.9. The van der Waals surface area contributed by atoms with Crippen LogP contribution < -0.4 is 15.0 Å². The van der Waals surface area contributed by atoms with Gasteiger partial charge in [0, 0.05) is 36.0 Å². The first kappa shape index (κ1) is 17.6. The van der Waals surface area contributed by atoms with Gasteiger partial charge in [-0.1, -0.05) is 23.2 Å². The molecule has 0 saturated carbocycles. The molecule has 0 aliphatic heterocycles. The average molecular weight is 379 g/mol. The number of aryl methyl sites for hydroxylation is 2. The van der Waals surface area contributed by atoms with Gasteiger partial charge in [0.25, 0.3) is 5.56 Å². The number of pyridine rings is 2. The Morgan fingerprint density at radius 3 is 2.20 bits per heavy atom. The predicted octanol–water partition coefficient (Wildman–Crippen LogP) is 4.23. The number of fused-ring (bicyclic) bond motifs is 1. The normalized spacial score (nSPS) is 11.0. The van der Waals surface area contributed by atoms with E-state index in [1.165, 1.54) is 14.2 Å². The number of aromatic nitrogens is 2. The van der Waals surface area contributed by atoms with E-state index >= 15 is 0 Å². The van der Waals surface area contributed by atoms with E-state index in [1.807, 2.05) is 13.0 Å². The van der Waals surface area contributed by atoms with Gasteiger partial charge < -0.3 is 14.0 Å². The molecule has 0 spiro atoms. The van der Waals surface area contributed by atoms with Gasteiger partial charge in [-0.05, 0) is 19.1 Å². The molecular weight excluding hydrogens is 363 g/mol. The van der Waals surface area contributed by atoms with Crippen molar-refractivity contribution in [3.05, 3.63) is 50.5 Å². The summed E-state index contributed by atoms with van der Waals surface area (Å²) in [7, 11) is 4.68.